The van der Waals surface area contributed by atoms with Crippen LogP contribution in [0.4, 0.5) is 0 Å². The number of ketones is 1. The van der Waals surface area contributed by atoms with Crippen LogP contribution in [0.15, 0.2) is 66.9 Å². The number of hydrogen-bond donors (Lipinski definition) is 1. The molecular formula is C16H14ClNO2. The van der Waals surface area contributed by atoms with Crippen LogP contribution in [0.5, 0.6) is 0 Å². The van der Waals surface area contributed by atoms with Crippen molar-refractivity contribution in [3.63, 3.8) is 0 Å². The molecule has 0 atom stereocenters. The summed E-state index contributed by atoms with van der Waals surface area (Å²) in [4.78, 5) is 11.8. The summed E-state index contributed by atoms with van der Waals surface area (Å²) in [5, 5.41) is 11.3. The average Bonchev–Trinajstić information content (AvgIpc) is 2.46. The molecule has 0 unspecified atom stereocenters. The van der Waals surface area contributed by atoms with E-state index in [1.807, 2.05) is 30.3 Å². The smallest absolute Gasteiger partial charge is 0.187 e. The maximum atomic E-state index is 11.8. The van der Waals surface area contributed by atoms with Crippen LogP contribution in [0.2, 0.25) is 5.02 Å². The van der Waals surface area contributed by atoms with Crippen LogP contribution in [-0.2, 0) is 6.54 Å². The fourth-order valence-corrected chi connectivity index (χ4v) is 1.81. The Hall–Kier alpha value is -2.10. The SMILES string of the molecule is O=C(/C=C/N(O)Cc1ccccc1)c1ccc(Cl)cc1. The van der Waals surface area contributed by atoms with Crippen molar-refractivity contribution in [1.29, 1.82) is 0 Å². The molecule has 0 spiro atoms. The molecule has 2 rings (SSSR count). The van der Waals surface area contributed by atoms with Gasteiger partial charge in [-0.1, -0.05) is 41.9 Å². The molecule has 0 aliphatic rings. The molecule has 2 aromatic carbocycles. The Morgan fingerprint density at radius 1 is 1.10 bits per heavy atom. The Balaban J connectivity index is 1.95. The number of halogens is 1. The fraction of sp³-hybridized carbons (Fsp3) is 0.0625. The van der Waals surface area contributed by atoms with Gasteiger partial charge < -0.3 is 0 Å². The van der Waals surface area contributed by atoms with Gasteiger partial charge >= 0.3 is 0 Å². The van der Waals surface area contributed by atoms with Crippen molar-refractivity contribution in [2.24, 2.45) is 0 Å². The normalized spacial score (nSPS) is 10.7. The molecule has 4 heteroatoms. The first-order valence-corrected chi connectivity index (χ1v) is 6.50. The second-order valence-corrected chi connectivity index (χ2v) is 4.71. The zero-order valence-electron chi connectivity index (χ0n) is 10.7. The Morgan fingerprint density at radius 2 is 1.75 bits per heavy atom. The highest BCUT2D eigenvalue weighted by molar-refractivity contribution is 6.30. The van der Waals surface area contributed by atoms with Crippen molar-refractivity contribution in [3.8, 4) is 0 Å². The maximum absolute atomic E-state index is 11.8. The molecule has 0 aliphatic heterocycles. The lowest BCUT2D eigenvalue weighted by atomic mass is 10.1. The number of carbonyl (C=O) groups is 1. The highest BCUT2D eigenvalue weighted by atomic mass is 35.5. The molecule has 0 aliphatic carbocycles. The Kier molecular flexibility index (Phi) is 4.93. The van der Waals surface area contributed by atoms with E-state index in [-0.39, 0.29) is 5.78 Å². The minimum atomic E-state index is -0.186. The quantitative estimate of drug-likeness (QED) is 0.515. The lowest BCUT2D eigenvalue weighted by Gasteiger charge is -2.11. The number of nitrogens with zero attached hydrogens (tertiary/aromatic N) is 1. The molecule has 102 valence electrons. The van der Waals surface area contributed by atoms with Gasteiger partial charge in [-0.2, -0.15) is 0 Å². The molecular weight excluding hydrogens is 274 g/mol. The second-order valence-electron chi connectivity index (χ2n) is 4.27. The van der Waals surface area contributed by atoms with E-state index in [2.05, 4.69) is 0 Å². The topological polar surface area (TPSA) is 40.5 Å². The number of hydrogen-bond acceptors (Lipinski definition) is 3. The lowest BCUT2D eigenvalue weighted by Crippen LogP contribution is -2.11. The standard InChI is InChI=1S/C16H14ClNO2/c17-15-8-6-14(7-9-15)16(19)10-11-18(20)12-13-4-2-1-3-5-13/h1-11,20H,12H2/b11-10+. The van der Waals surface area contributed by atoms with Crippen LogP contribution in [0.1, 0.15) is 15.9 Å². The van der Waals surface area contributed by atoms with Crippen LogP contribution >= 0.6 is 11.6 Å². The number of rotatable bonds is 5. The third-order valence-electron chi connectivity index (χ3n) is 2.71. The Morgan fingerprint density at radius 3 is 2.40 bits per heavy atom. The molecule has 20 heavy (non-hydrogen) atoms. The Bertz CT molecular complexity index is 594. The predicted octanol–water partition coefficient (Wildman–Crippen LogP) is 3.93. The third kappa shape index (κ3) is 4.23. The molecule has 0 saturated carbocycles. The van der Waals surface area contributed by atoms with Crippen LogP contribution in [0.3, 0.4) is 0 Å². The van der Waals surface area contributed by atoms with E-state index in [0.717, 1.165) is 10.6 Å². The van der Waals surface area contributed by atoms with E-state index in [9.17, 15) is 10.0 Å². The van der Waals surface area contributed by atoms with Crippen LogP contribution in [0, 0.1) is 0 Å². The molecule has 0 bridgehead atoms. The zero-order chi connectivity index (χ0) is 14.4. The molecule has 3 nitrogen and oxygen atoms in total. The van der Waals surface area contributed by atoms with Crippen molar-refractivity contribution in [3.05, 3.63) is 83.0 Å². The van der Waals surface area contributed by atoms with E-state index >= 15 is 0 Å². The van der Waals surface area contributed by atoms with Gasteiger partial charge in [-0.15, -0.1) is 0 Å². The monoisotopic (exact) mass is 287 g/mol. The highest BCUT2D eigenvalue weighted by Crippen LogP contribution is 2.10. The van der Waals surface area contributed by atoms with Gasteiger partial charge in [-0.25, -0.2) is 0 Å². The molecule has 0 aromatic heterocycles. The highest BCUT2D eigenvalue weighted by Gasteiger charge is 2.02. The molecule has 0 radical (unpaired) electrons. The summed E-state index contributed by atoms with van der Waals surface area (Å²) >= 11 is 5.76. The summed E-state index contributed by atoms with van der Waals surface area (Å²) < 4.78 is 0. The summed E-state index contributed by atoms with van der Waals surface area (Å²) in [5.41, 5.74) is 1.48. The molecule has 0 heterocycles. The van der Waals surface area contributed by atoms with Gasteiger partial charge in [0.1, 0.15) is 0 Å². The van der Waals surface area contributed by atoms with Crippen molar-refractivity contribution in [1.82, 2.24) is 5.06 Å². The maximum Gasteiger partial charge on any atom is 0.187 e. The summed E-state index contributed by atoms with van der Waals surface area (Å²) in [7, 11) is 0. The van der Waals surface area contributed by atoms with Gasteiger partial charge in [0, 0.05) is 22.9 Å². The molecule has 0 saturated heterocycles. The predicted molar refractivity (Wildman–Crippen MR) is 78.7 cm³/mol. The summed E-state index contributed by atoms with van der Waals surface area (Å²) in [6, 6.07) is 16.1. The van der Waals surface area contributed by atoms with Crippen molar-refractivity contribution < 1.29 is 10.0 Å². The Labute approximate surface area is 122 Å². The minimum absolute atomic E-state index is 0.186. The van der Waals surface area contributed by atoms with E-state index in [1.165, 1.54) is 12.3 Å². The van der Waals surface area contributed by atoms with Gasteiger partial charge in [0.25, 0.3) is 0 Å². The zero-order valence-corrected chi connectivity index (χ0v) is 11.5. The average molecular weight is 288 g/mol. The molecule has 0 amide bonds. The van der Waals surface area contributed by atoms with Crippen molar-refractivity contribution >= 4 is 17.4 Å². The van der Waals surface area contributed by atoms with Gasteiger partial charge in [-0.3, -0.25) is 15.1 Å². The van der Waals surface area contributed by atoms with Gasteiger partial charge in [-0.05, 0) is 29.8 Å². The number of benzene rings is 2. The van der Waals surface area contributed by atoms with Crippen LogP contribution in [-0.4, -0.2) is 16.1 Å². The molecule has 0 fully saturated rings. The van der Waals surface area contributed by atoms with Crippen molar-refractivity contribution in [2.75, 3.05) is 0 Å². The van der Waals surface area contributed by atoms with Crippen LogP contribution in [0.25, 0.3) is 0 Å². The van der Waals surface area contributed by atoms with Crippen LogP contribution < -0.4 is 0 Å². The van der Waals surface area contributed by atoms with Gasteiger partial charge in [0.05, 0.1) is 6.54 Å². The van der Waals surface area contributed by atoms with E-state index in [0.29, 0.717) is 17.1 Å². The molecule has 1 N–H and O–H groups in total. The largest absolute Gasteiger partial charge is 0.289 e. The van der Waals surface area contributed by atoms with Gasteiger partial charge in [0.2, 0.25) is 0 Å². The number of hydroxylamine groups is 2. The summed E-state index contributed by atoms with van der Waals surface area (Å²) in [6.45, 7) is 0.325. The first-order chi connectivity index (χ1) is 9.65. The summed E-state index contributed by atoms with van der Waals surface area (Å²) in [5.74, 6) is -0.186. The van der Waals surface area contributed by atoms with E-state index < -0.39 is 0 Å². The van der Waals surface area contributed by atoms with E-state index in [4.69, 9.17) is 11.6 Å². The minimum Gasteiger partial charge on any atom is -0.289 e. The fourth-order valence-electron chi connectivity index (χ4n) is 1.69. The number of carbonyl (C=O) groups excluding carboxylic acids is 1. The number of allylic oxidation sites excluding steroid dienone is 1. The van der Waals surface area contributed by atoms with Crippen molar-refractivity contribution in [2.45, 2.75) is 6.54 Å². The molecule has 2 aromatic rings. The first-order valence-electron chi connectivity index (χ1n) is 6.13. The first kappa shape index (κ1) is 14.3. The van der Waals surface area contributed by atoms with E-state index in [1.54, 1.807) is 24.3 Å². The van der Waals surface area contributed by atoms with Gasteiger partial charge in [0.15, 0.2) is 5.78 Å². The lowest BCUT2D eigenvalue weighted by molar-refractivity contribution is -0.0491. The second kappa shape index (κ2) is 6.89. The third-order valence-corrected chi connectivity index (χ3v) is 2.97. The summed E-state index contributed by atoms with van der Waals surface area (Å²) in [6.07, 6.45) is 2.68.